The number of likely N-dealkylation sites (tertiary alicyclic amines) is 1. The lowest BCUT2D eigenvalue weighted by Crippen LogP contribution is -2.31. The average Bonchev–Trinajstić information content (AvgIpc) is 2.65. The molecule has 1 aliphatic heterocycles. The van der Waals surface area contributed by atoms with Gasteiger partial charge in [-0.15, -0.1) is 0 Å². The molecule has 1 unspecified atom stereocenters. The Labute approximate surface area is 111 Å². The monoisotopic (exact) mass is 256 g/mol. The second-order valence-electron chi connectivity index (χ2n) is 6.20. The van der Waals surface area contributed by atoms with Gasteiger partial charge in [-0.3, -0.25) is 4.79 Å². The van der Waals surface area contributed by atoms with Crippen molar-refractivity contribution in [1.82, 2.24) is 10.2 Å². The molecule has 0 aromatic heterocycles. The highest BCUT2D eigenvalue weighted by molar-refractivity contribution is 5.78. The van der Waals surface area contributed by atoms with Gasteiger partial charge in [0.15, 0.2) is 0 Å². The molecule has 1 heterocycles. The first-order valence-corrected chi connectivity index (χ1v) is 6.92. The molecule has 1 rings (SSSR count). The third-order valence-electron chi connectivity index (χ3n) is 3.70. The SMILES string of the molecule is COCCNCCCN1CC(C(C)(C)C)CC1=O. The van der Waals surface area contributed by atoms with Crippen molar-refractivity contribution in [3.63, 3.8) is 0 Å². The number of methoxy groups -OCH3 is 1. The highest BCUT2D eigenvalue weighted by atomic mass is 16.5. The van der Waals surface area contributed by atoms with Gasteiger partial charge in [0.05, 0.1) is 6.61 Å². The van der Waals surface area contributed by atoms with Crippen molar-refractivity contribution in [3.8, 4) is 0 Å². The lowest BCUT2D eigenvalue weighted by Gasteiger charge is -2.26. The van der Waals surface area contributed by atoms with E-state index in [-0.39, 0.29) is 5.41 Å². The molecule has 0 aliphatic carbocycles. The minimum atomic E-state index is 0.237. The molecule has 0 radical (unpaired) electrons. The van der Waals surface area contributed by atoms with Crippen molar-refractivity contribution in [2.45, 2.75) is 33.6 Å². The molecular weight excluding hydrogens is 228 g/mol. The Kier molecular flexibility index (Phi) is 6.09. The van der Waals surface area contributed by atoms with E-state index in [1.165, 1.54) is 0 Å². The molecule has 18 heavy (non-hydrogen) atoms. The Morgan fingerprint density at radius 3 is 2.67 bits per heavy atom. The summed E-state index contributed by atoms with van der Waals surface area (Å²) in [5, 5.41) is 3.30. The van der Waals surface area contributed by atoms with Gasteiger partial charge in [-0.25, -0.2) is 0 Å². The summed E-state index contributed by atoms with van der Waals surface area (Å²) in [5.74, 6) is 0.832. The van der Waals surface area contributed by atoms with Crippen LogP contribution in [-0.4, -0.2) is 50.7 Å². The number of hydrogen-bond donors (Lipinski definition) is 1. The molecule has 0 spiro atoms. The second kappa shape index (κ2) is 7.10. The molecule has 1 aliphatic rings. The minimum Gasteiger partial charge on any atom is -0.383 e. The van der Waals surface area contributed by atoms with Crippen molar-refractivity contribution < 1.29 is 9.53 Å². The normalized spacial score (nSPS) is 20.8. The fourth-order valence-electron chi connectivity index (χ4n) is 2.26. The lowest BCUT2D eigenvalue weighted by atomic mass is 9.80. The lowest BCUT2D eigenvalue weighted by molar-refractivity contribution is -0.127. The van der Waals surface area contributed by atoms with Crippen molar-refractivity contribution in [1.29, 1.82) is 0 Å². The third kappa shape index (κ3) is 4.94. The molecule has 0 saturated carbocycles. The first-order valence-electron chi connectivity index (χ1n) is 6.92. The first kappa shape index (κ1) is 15.4. The standard InChI is InChI=1S/C14H28N2O2/c1-14(2,3)12-10-13(17)16(11-12)8-5-6-15-7-9-18-4/h12,15H,5-11H2,1-4H3. The quantitative estimate of drug-likeness (QED) is 0.702. The van der Waals surface area contributed by atoms with Gasteiger partial charge in [0, 0.05) is 33.2 Å². The Morgan fingerprint density at radius 1 is 1.39 bits per heavy atom. The highest BCUT2D eigenvalue weighted by Crippen LogP contribution is 2.34. The first-order chi connectivity index (χ1) is 8.45. The van der Waals surface area contributed by atoms with Crippen molar-refractivity contribution in [2.75, 3.05) is 39.9 Å². The van der Waals surface area contributed by atoms with E-state index in [0.29, 0.717) is 11.8 Å². The molecule has 0 aromatic carbocycles. The predicted octanol–water partition coefficient (Wildman–Crippen LogP) is 1.51. The summed E-state index contributed by atoms with van der Waals surface area (Å²) in [4.78, 5) is 13.9. The zero-order valence-corrected chi connectivity index (χ0v) is 12.3. The van der Waals surface area contributed by atoms with Gasteiger partial charge in [0.2, 0.25) is 5.91 Å². The molecule has 1 saturated heterocycles. The van der Waals surface area contributed by atoms with Gasteiger partial charge in [0.25, 0.3) is 0 Å². The molecule has 106 valence electrons. The Balaban J connectivity index is 2.18. The summed E-state index contributed by atoms with van der Waals surface area (Å²) in [7, 11) is 1.71. The zero-order valence-electron chi connectivity index (χ0n) is 12.3. The van der Waals surface area contributed by atoms with E-state index in [1.807, 2.05) is 4.90 Å². The van der Waals surface area contributed by atoms with Crippen LogP contribution in [0.4, 0.5) is 0 Å². The van der Waals surface area contributed by atoms with Crippen molar-refractivity contribution in [2.24, 2.45) is 11.3 Å². The van der Waals surface area contributed by atoms with Crippen LogP contribution in [0, 0.1) is 11.3 Å². The molecule has 1 atom stereocenters. The van der Waals surface area contributed by atoms with Crippen LogP contribution in [0.15, 0.2) is 0 Å². The van der Waals surface area contributed by atoms with E-state index in [1.54, 1.807) is 7.11 Å². The van der Waals surface area contributed by atoms with Crippen molar-refractivity contribution >= 4 is 5.91 Å². The van der Waals surface area contributed by atoms with Crippen LogP contribution < -0.4 is 5.32 Å². The predicted molar refractivity (Wildman–Crippen MR) is 73.5 cm³/mol. The summed E-state index contributed by atoms with van der Waals surface area (Å²) < 4.78 is 4.96. The minimum absolute atomic E-state index is 0.237. The van der Waals surface area contributed by atoms with Crippen LogP contribution in [-0.2, 0) is 9.53 Å². The zero-order chi connectivity index (χ0) is 13.6. The maximum absolute atomic E-state index is 11.9. The van der Waals surface area contributed by atoms with E-state index >= 15 is 0 Å². The number of nitrogens with one attached hydrogen (secondary N) is 1. The van der Waals surface area contributed by atoms with Gasteiger partial charge < -0.3 is 15.0 Å². The van der Waals surface area contributed by atoms with E-state index in [9.17, 15) is 4.79 Å². The Bertz CT molecular complexity index is 261. The Hall–Kier alpha value is -0.610. The molecule has 0 bridgehead atoms. The summed E-state index contributed by atoms with van der Waals surface area (Å²) in [6.45, 7) is 11.1. The maximum atomic E-state index is 11.9. The second-order valence-corrected chi connectivity index (χ2v) is 6.20. The van der Waals surface area contributed by atoms with Crippen LogP contribution >= 0.6 is 0 Å². The van der Waals surface area contributed by atoms with Crippen LogP contribution in [0.2, 0.25) is 0 Å². The number of hydrogen-bond acceptors (Lipinski definition) is 3. The summed E-state index contributed by atoms with van der Waals surface area (Å²) in [6, 6.07) is 0. The third-order valence-corrected chi connectivity index (χ3v) is 3.70. The van der Waals surface area contributed by atoms with Crippen molar-refractivity contribution in [3.05, 3.63) is 0 Å². The topological polar surface area (TPSA) is 41.6 Å². The largest absolute Gasteiger partial charge is 0.383 e. The molecule has 1 N–H and O–H groups in total. The summed E-state index contributed by atoms with van der Waals surface area (Å²) in [5.41, 5.74) is 0.237. The summed E-state index contributed by atoms with van der Waals surface area (Å²) in [6.07, 6.45) is 1.74. The van der Waals surface area contributed by atoms with Gasteiger partial charge in [-0.1, -0.05) is 20.8 Å². The number of rotatable bonds is 7. The average molecular weight is 256 g/mol. The number of nitrogens with zero attached hydrogens (tertiary/aromatic N) is 1. The van der Waals surface area contributed by atoms with Gasteiger partial charge >= 0.3 is 0 Å². The maximum Gasteiger partial charge on any atom is 0.222 e. The van der Waals surface area contributed by atoms with Gasteiger partial charge in [0.1, 0.15) is 0 Å². The molecule has 4 nitrogen and oxygen atoms in total. The van der Waals surface area contributed by atoms with Crippen LogP contribution in [0.3, 0.4) is 0 Å². The Morgan fingerprint density at radius 2 is 2.11 bits per heavy atom. The fraction of sp³-hybridized carbons (Fsp3) is 0.929. The number of amides is 1. The number of carbonyl (C=O) groups is 1. The number of ether oxygens (including phenoxy) is 1. The van der Waals surface area contributed by atoms with E-state index < -0.39 is 0 Å². The van der Waals surface area contributed by atoms with E-state index in [2.05, 4.69) is 26.1 Å². The molecular formula is C14H28N2O2. The highest BCUT2D eigenvalue weighted by Gasteiger charge is 2.36. The summed E-state index contributed by atoms with van der Waals surface area (Å²) >= 11 is 0. The molecule has 4 heteroatoms. The van der Waals surface area contributed by atoms with Gasteiger partial charge in [-0.05, 0) is 24.3 Å². The smallest absolute Gasteiger partial charge is 0.222 e. The van der Waals surface area contributed by atoms with E-state index in [4.69, 9.17) is 4.74 Å². The van der Waals surface area contributed by atoms with Crippen LogP contribution in [0.25, 0.3) is 0 Å². The van der Waals surface area contributed by atoms with E-state index in [0.717, 1.165) is 45.6 Å². The molecule has 1 amide bonds. The van der Waals surface area contributed by atoms with Crippen LogP contribution in [0.5, 0.6) is 0 Å². The van der Waals surface area contributed by atoms with Gasteiger partial charge in [-0.2, -0.15) is 0 Å². The number of carbonyl (C=O) groups excluding carboxylic acids is 1. The fourth-order valence-corrected chi connectivity index (χ4v) is 2.26. The molecule has 1 fully saturated rings. The van der Waals surface area contributed by atoms with Crippen LogP contribution in [0.1, 0.15) is 33.6 Å². The molecule has 0 aromatic rings.